The smallest absolute Gasteiger partial charge is 0.290 e. The number of H-pyrrole nitrogens is 1. The van der Waals surface area contributed by atoms with Crippen LogP contribution in [0.2, 0.25) is 0 Å². The zero-order valence-electron chi connectivity index (χ0n) is 14.8. The summed E-state index contributed by atoms with van der Waals surface area (Å²) in [6.45, 7) is 4.96. The Labute approximate surface area is 152 Å². The normalized spacial score (nSPS) is 13.7. The Morgan fingerprint density at radius 2 is 2.04 bits per heavy atom. The minimum absolute atomic E-state index is 0.211. The van der Waals surface area contributed by atoms with Crippen LogP contribution in [-0.2, 0) is 22.4 Å². The van der Waals surface area contributed by atoms with Gasteiger partial charge in [-0.25, -0.2) is 9.97 Å². The van der Waals surface area contributed by atoms with Crippen molar-refractivity contribution in [2.24, 2.45) is 0 Å². The van der Waals surface area contributed by atoms with Gasteiger partial charge in [0.05, 0.1) is 6.20 Å². The molecule has 1 aliphatic heterocycles. The third kappa shape index (κ3) is 5.54. The Morgan fingerprint density at radius 1 is 1.31 bits per heavy atom. The average Bonchev–Trinajstić information content (AvgIpc) is 3.20. The average molecular weight is 360 g/mol. The van der Waals surface area contributed by atoms with Crippen LogP contribution < -0.4 is 4.90 Å². The molecule has 2 aromatic heterocycles. The van der Waals surface area contributed by atoms with Gasteiger partial charge in [-0.15, -0.1) is 0 Å². The molecule has 3 heterocycles. The Morgan fingerprint density at radius 3 is 2.65 bits per heavy atom. The van der Waals surface area contributed by atoms with Gasteiger partial charge in [0, 0.05) is 50.6 Å². The number of aryl methyl sites for hydroxylation is 2. The maximum absolute atomic E-state index is 12.3. The SMILES string of the molecule is CCc1cc(N2CCN(C(=O)CCc3cn[nH]c3)CC2)ncn1.O=CO. The minimum Gasteiger partial charge on any atom is -0.483 e. The van der Waals surface area contributed by atoms with Crippen LogP contribution in [0.3, 0.4) is 0 Å². The highest BCUT2D eigenvalue weighted by Crippen LogP contribution is 2.15. The molecule has 2 N–H and O–H groups in total. The summed E-state index contributed by atoms with van der Waals surface area (Å²) >= 11 is 0. The molecule has 140 valence electrons. The molecule has 1 fully saturated rings. The topological polar surface area (TPSA) is 115 Å². The quantitative estimate of drug-likeness (QED) is 0.756. The van der Waals surface area contributed by atoms with Crippen LogP contribution in [0, 0.1) is 0 Å². The second-order valence-corrected chi connectivity index (χ2v) is 5.80. The van der Waals surface area contributed by atoms with E-state index in [1.165, 1.54) is 0 Å². The second-order valence-electron chi connectivity index (χ2n) is 5.80. The number of aromatic nitrogens is 4. The molecule has 0 aliphatic carbocycles. The third-order valence-electron chi connectivity index (χ3n) is 4.21. The van der Waals surface area contributed by atoms with Gasteiger partial charge in [-0.1, -0.05) is 6.92 Å². The van der Waals surface area contributed by atoms with Crippen molar-refractivity contribution in [1.29, 1.82) is 0 Å². The highest BCUT2D eigenvalue weighted by Gasteiger charge is 2.21. The fourth-order valence-electron chi connectivity index (χ4n) is 2.76. The summed E-state index contributed by atoms with van der Waals surface area (Å²) in [5, 5.41) is 13.6. The van der Waals surface area contributed by atoms with Gasteiger partial charge in [0.15, 0.2) is 0 Å². The molecule has 9 nitrogen and oxygen atoms in total. The van der Waals surface area contributed by atoms with Gasteiger partial charge in [0.25, 0.3) is 6.47 Å². The number of nitrogens with zero attached hydrogens (tertiary/aromatic N) is 5. The van der Waals surface area contributed by atoms with E-state index >= 15 is 0 Å². The Balaban J connectivity index is 0.000000758. The standard InChI is InChI=1S/C16H22N6O.CH2O2/c1-2-14-9-15(18-12-17-14)21-5-7-22(8-6-21)16(23)4-3-13-10-19-20-11-13;2-1-3/h9-12H,2-8H2,1H3,(H,19,20);1H,(H,2,3). The summed E-state index contributed by atoms with van der Waals surface area (Å²) in [7, 11) is 0. The van der Waals surface area contributed by atoms with E-state index in [4.69, 9.17) is 9.90 Å². The van der Waals surface area contributed by atoms with Gasteiger partial charge in [0.2, 0.25) is 5.91 Å². The summed E-state index contributed by atoms with van der Waals surface area (Å²) < 4.78 is 0. The van der Waals surface area contributed by atoms with Gasteiger partial charge < -0.3 is 14.9 Å². The van der Waals surface area contributed by atoms with Gasteiger partial charge >= 0.3 is 0 Å². The maximum atomic E-state index is 12.3. The number of piperazine rings is 1. The molecule has 2 aromatic rings. The van der Waals surface area contributed by atoms with Gasteiger partial charge in [-0.2, -0.15) is 5.10 Å². The summed E-state index contributed by atoms with van der Waals surface area (Å²) in [6.07, 6.45) is 7.41. The van der Waals surface area contributed by atoms with E-state index in [9.17, 15) is 4.79 Å². The first kappa shape index (κ1) is 19.4. The highest BCUT2D eigenvalue weighted by molar-refractivity contribution is 5.76. The fourth-order valence-corrected chi connectivity index (χ4v) is 2.76. The lowest BCUT2D eigenvalue weighted by molar-refractivity contribution is -0.131. The van der Waals surface area contributed by atoms with Crippen molar-refractivity contribution in [2.75, 3.05) is 31.1 Å². The van der Waals surface area contributed by atoms with E-state index in [0.717, 1.165) is 56.1 Å². The number of carbonyl (C=O) groups excluding carboxylic acids is 1. The van der Waals surface area contributed by atoms with E-state index in [0.29, 0.717) is 6.42 Å². The first-order valence-electron chi connectivity index (χ1n) is 8.57. The largest absolute Gasteiger partial charge is 0.483 e. The molecular formula is C17H24N6O3. The van der Waals surface area contributed by atoms with Crippen molar-refractivity contribution >= 4 is 18.2 Å². The molecule has 1 aliphatic rings. The molecule has 1 amide bonds. The van der Waals surface area contributed by atoms with Crippen molar-refractivity contribution in [3.8, 4) is 0 Å². The number of carboxylic acid groups (broad SMARTS) is 1. The number of hydrogen-bond acceptors (Lipinski definition) is 6. The number of hydrogen-bond donors (Lipinski definition) is 2. The molecule has 0 atom stereocenters. The molecule has 0 saturated carbocycles. The highest BCUT2D eigenvalue weighted by atomic mass is 16.3. The monoisotopic (exact) mass is 360 g/mol. The maximum Gasteiger partial charge on any atom is 0.290 e. The molecule has 9 heteroatoms. The Kier molecular flexibility index (Phi) is 7.53. The Bertz CT molecular complexity index is 684. The number of aromatic amines is 1. The lowest BCUT2D eigenvalue weighted by Crippen LogP contribution is -2.49. The molecule has 0 spiro atoms. The lowest BCUT2D eigenvalue weighted by Gasteiger charge is -2.35. The first-order chi connectivity index (χ1) is 12.7. The number of nitrogens with one attached hydrogen (secondary N) is 1. The summed E-state index contributed by atoms with van der Waals surface area (Å²) in [5.41, 5.74) is 2.12. The van der Waals surface area contributed by atoms with E-state index in [1.54, 1.807) is 12.5 Å². The van der Waals surface area contributed by atoms with Crippen LogP contribution in [-0.4, -0.2) is 68.7 Å². The van der Waals surface area contributed by atoms with E-state index in [-0.39, 0.29) is 12.4 Å². The van der Waals surface area contributed by atoms with E-state index in [1.807, 2.05) is 17.2 Å². The number of rotatable bonds is 5. The predicted octanol–water partition coefficient (Wildman–Crippen LogP) is 0.744. The zero-order chi connectivity index (χ0) is 18.8. The van der Waals surface area contributed by atoms with Gasteiger partial charge in [-0.3, -0.25) is 14.7 Å². The van der Waals surface area contributed by atoms with Crippen molar-refractivity contribution < 1.29 is 14.7 Å². The van der Waals surface area contributed by atoms with Crippen LogP contribution in [0.5, 0.6) is 0 Å². The number of anilines is 1. The van der Waals surface area contributed by atoms with Crippen molar-refractivity contribution in [2.45, 2.75) is 26.2 Å². The van der Waals surface area contributed by atoms with Crippen molar-refractivity contribution in [3.05, 3.63) is 36.0 Å². The van der Waals surface area contributed by atoms with E-state index < -0.39 is 0 Å². The predicted molar refractivity (Wildman–Crippen MR) is 95.8 cm³/mol. The molecule has 3 rings (SSSR count). The lowest BCUT2D eigenvalue weighted by atomic mass is 10.1. The Hall–Kier alpha value is -2.97. The van der Waals surface area contributed by atoms with Gasteiger partial charge in [0.1, 0.15) is 12.1 Å². The van der Waals surface area contributed by atoms with Crippen LogP contribution in [0.15, 0.2) is 24.8 Å². The molecule has 0 bridgehead atoms. The summed E-state index contributed by atoms with van der Waals surface area (Å²) in [6, 6.07) is 2.04. The van der Waals surface area contributed by atoms with Crippen molar-refractivity contribution in [3.63, 3.8) is 0 Å². The van der Waals surface area contributed by atoms with Crippen LogP contribution >= 0.6 is 0 Å². The number of amides is 1. The van der Waals surface area contributed by atoms with Crippen molar-refractivity contribution in [1.82, 2.24) is 25.1 Å². The zero-order valence-corrected chi connectivity index (χ0v) is 14.8. The summed E-state index contributed by atoms with van der Waals surface area (Å²) in [5.74, 6) is 1.17. The van der Waals surface area contributed by atoms with Crippen LogP contribution in [0.1, 0.15) is 24.6 Å². The fraction of sp³-hybridized carbons (Fsp3) is 0.471. The second kappa shape index (κ2) is 10.1. The van der Waals surface area contributed by atoms with E-state index in [2.05, 4.69) is 32.0 Å². The van der Waals surface area contributed by atoms with Gasteiger partial charge in [-0.05, 0) is 18.4 Å². The molecule has 26 heavy (non-hydrogen) atoms. The summed E-state index contributed by atoms with van der Waals surface area (Å²) in [4.78, 5) is 33.4. The molecular weight excluding hydrogens is 336 g/mol. The minimum atomic E-state index is -0.250. The first-order valence-corrected chi connectivity index (χ1v) is 8.57. The van der Waals surface area contributed by atoms with Crippen LogP contribution in [0.25, 0.3) is 0 Å². The van der Waals surface area contributed by atoms with Crippen LogP contribution in [0.4, 0.5) is 5.82 Å². The third-order valence-corrected chi connectivity index (χ3v) is 4.21. The molecule has 0 unspecified atom stereocenters. The molecule has 1 saturated heterocycles. The molecule has 0 aromatic carbocycles. The molecule has 0 radical (unpaired) electrons. The number of carbonyl (C=O) groups is 2.